The number of likely N-dealkylation sites (tertiary alicyclic amines) is 1. The summed E-state index contributed by atoms with van der Waals surface area (Å²) in [5, 5.41) is 1.38. The highest BCUT2D eigenvalue weighted by Crippen LogP contribution is 2.14. The van der Waals surface area contributed by atoms with Gasteiger partial charge in [-0.1, -0.05) is 18.2 Å². The normalized spacial score (nSPS) is 18.3. The Labute approximate surface area is 128 Å². The third-order valence-corrected chi connectivity index (χ3v) is 3.73. The van der Waals surface area contributed by atoms with Crippen LogP contribution in [0.3, 0.4) is 0 Å². The second kappa shape index (κ2) is 6.28. The first kappa shape index (κ1) is 15.5. The lowest BCUT2D eigenvalue weighted by molar-refractivity contribution is 0.0703. The zero-order valence-corrected chi connectivity index (χ0v) is 12.4. The van der Waals surface area contributed by atoms with Crippen LogP contribution in [-0.4, -0.2) is 34.9 Å². The average Bonchev–Trinajstić information content (AvgIpc) is 2.46. The predicted molar refractivity (Wildman–Crippen MR) is 84.9 cm³/mol. The minimum atomic E-state index is -0.229. The molecule has 2 heterocycles. The summed E-state index contributed by atoms with van der Waals surface area (Å²) in [6.07, 6.45) is 1.85. The topological polar surface area (TPSA) is 79.2 Å². The van der Waals surface area contributed by atoms with Gasteiger partial charge in [0.2, 0.25) is 0 Å². The van der Waals surface area contributed by atoms with E-state index < -0.39 is 0 Å². The van der Waals surface area contributed by atoms with E-state index in [2.05, 4.69) is 4.98 Å². The number of hydrogen-bond acceptors (Lipinski definition) is 3. The van der Waals surface area contributed by atoms with E-state index in [1.807, 2.05) is 18.2 Å². The van der Waals surface area contributed by atoms with Crippen molar-refractivity contribution in [1.29, 1.82) is 0 Å². The van der Waals surface area contributed by atoms with Crippen LogP contribution in [0.1, 0.15) is 23.3 Å². The van der Waals surface area contributed by atoms with Gasteiger partial charge in [-0.3, -0.25) is 9.59 Å². The van der Waals surface area contributed by atoms with Crippen LogP contribution in [0.2, 0.25) is 0 Å². The summed E-state index contributed by atoms with van der Waals surface area (Å²) < 4.78 is 0. The van der Waals surface area contributed by atoms with Crippen molar-refractivity contribution in [2.45, 2.75) is 18.9 Å². The Morgan fingerprint density at radius 1 is 1.33 bits per heavy atom. The molecule has 2 aromatic rings. The van der Waals surface area contributed by atoms with Crippen molar-refractivity contribution >= 4 is 29.1 Å². The molecule has 1 aromatic heterocycles. The maximum atomic E-state index is 12.4. The first-order valence-corrected chi connectivity index (χ1v) is 6.82. The van der Waals surface area contributed by atoms with Gasteiger partial charge in [-0.15, -0.1) is 12.4 Å². The van der Waals surface area contributed by atoms with E-state index in [0.29, 0.717) is 24.2 Å². The minimum absolute atomic E-state index is 0. The van der Waals surface area contributed by atoms with E-state index >= 15 is 0 Å². The molecule has 0 bridgehead atoms. The molecule has 1 aliphatic heterocycles. The number of aromatic nitrogens is 1. The fourth-order valence-electron chi connectivity index (χ4n) is 2.69. The van der Waals surface area contributed by atoms with Crippen molar-refractivity contribution in [2.24, 2.45) is 5.73 Å². The Bertz CT molecular complexity index is 713. The van der Waals surface area contributed by atoms with E-state index in [1.54, 1.807) is 17.0 Å². The molecule has 1 unspecified atom stereocenters. The van der Waals surface area contributed by atoms with E-state index in [1.165, 1.54) is 0 Å². The number of halogens is 1. The number of nitrogens with two attached hydrogens (primary N) is 1. The number of carbonyl (C=O) groups is 1. The maximum Gasteiger partial charge on any atom is 0.270 e. The zero-order chi connectivity index (χ0) is 14.1. The first-order valence-electron chi connectivity index (χ1n) is 6.82. The number of nitrogens with zero attached hydrogens (tertiary/aromatic N) is 1. The molecule has 3 N–H and O–H groups in total. The molecule has 1 atom stereocenters. The molecule has 1 aromatic carbocycles. The fourth-order valence-corrected chi connectivity index (χ4v) is 2.69. The summed E-state index contributed by atoms with van der Waals surface area (Å²) in [5.74, 6) is -0.150. The van der Waals surface area contributed by atoms with Gasteiger partial charge in [-0.2, -0.15) is 0 Å². The quantitative estimate of drug-likeness (QED) is 0.838. The number of amides is 1. The predicted octanol–water partition coefficient (Wildman–Crippen LogP) is 1.51. The second-order valence-electron chi connectivity index (χ2n) is 5.25. The van der Waals surface area contributed by atoms with Crippen LogP contribution >= 0.6 is 12.4 Å². The van der Waals surface area contributed by atoms with Gasteiger partial charge >= 0.3 is 0 Å². The number of piperidine rings is 1. The van der Waals surface area contributed by atoms with Crippen molar-refractivity contribution in [3.05, 3.63) is 46.4 Å². The van der Waals surface area contributed by atoms with Crippen LogP contribution in [0.5, 0.6) is 0 Å². The Morgan fingerprint density at radius 2 is 2.10 bits per heavy atom. The highest BCUT2D eigenvalue weighted by molar-refractivity contribution is 5.96. The van der Waals surface area contributed by atoms with Crippen molar-refractivity contribution in [1.82, 2.24) is 9.88 Å². The number of benzene rings is 1. The highest BCUT2D eigenvalue weighted by Gasteiger charge is 2.23. The number of nitrogens with one attached hydrogen (secondary N) is 1. The first-order chi connectivity index (χ1) is 9.65. The van der Waals surface area contributed by atoms with Crippen molar-refractivity contribution in [2.75, 3.05) is 13.1 Å². The van der Waals surface area contributed by atoms with Crippen LogP contribution < -0.4 is 11.3 Å². The number of rotatable bonds is 1. The lowest BCUT2D eigenvalue weighted by atomic mass is 10.1. The molecule has 5 nitrogen and oxygen atoms in total. The third-order valence-electron chi connectivity index (χ3n) is 3.73. The number of H-pyrrole nitrogens is 1. The largest absolute Gasteiger partial charge is 0.336 e. The Balaban J connectivity index is 0.00000161. The van der Waals surface area contributed by atoms with Crippen molar-refractivity contribution in [3.8, 4) is 0 Å². The summed E-state index contributed by atoms with van der Waals surface area (Å²) in [6, 6.07) is 9.01. The molecule has 0 spiro atoms. The Morgan fingerprint density at radius 3 is 2.86 bits per heavy atom. The summed E-state index contributed by atoms with van der Waals surface area (Å²) in [6.45, 7) is 1.25. The summed E-state index contributed by atoms with van der Waals surface area (Å²) in [4.78, 5) is 28.8. The monoisotopic (exact) mass is 307 g/mol. The van der Waals surface area contributed by atoms with Gasteiger partial charge in [0, 0.05) is 24.5 Å². The zero-order valence-electron chi connectivity index (χ0n) is 11.5. The van der Waals surface area contributed by atoms with Gasteiger partial charge in [-0.05, 0) is 30.4 Å². The molecule has 21 heavy (non-hydrogen) atoms. The van der Waals surface area contributed by atoms with Gasteiger partial charge in [0.05, 0.1) is 0 Å². The van der Waals surface area contributed by atoms with Gasteiger partial charge in [-0.25, -0.2) is 0 Å². The van der Waals surface area contributed by atoms with Crippen LogP contribution in [0.15, 0.2) is 35.1 Å². The van der Waals surface area contributed by atoms with Gasteiger partial charge in [0.25, 0.3) is 11.5 Å². The molecular weight excluding hydrogens is 290 g/mol. The smallest absolute Gasteiger partial charge is 0.270 e. The molecule has 1 amide bonds. The van der Waals surface area contributed by atoms with Crippen LogP contribution in [-0.2, 0) is 0 Å². The molecule has 112 valence electrons. The van der Waals surface area contributed by atoms with Crippen molar-refractivity contribution < 1.29 is 4.79 Å². The molecule has 0 saturated carbocycles. The lowest BCUT2D eigenvalue weighted by Gasteiger charge is -2.30. The van der Waals surface area contributed by atoms with Crippen LogP contribution in [0.4, 0.5) is 0 Å². The Kier molecular flexibility index (Phi) is 4.65. The number of fused-ring (bicyclic) bond motifs is 1. The molecule has 1 saturated heterocycles. The SMILES string of the molecule is Cl.NC1CCCN(C(=O)c2cc3ccccc3c(=O)[nH]2)C1. The molecule has 1 fully saturated rings. The van der Waals surface area contributed by atoms with Crippen molar-refractivity contribution in [3.63, 3.8) is 0 Å². The van der Waals surface area contributed by atoms with E-state index in [9.17, 15) is 9.59 Å². The summed E-state index contributed by atoms with van der Waals surface area (Å²) in [7, 11) is 0. The van der Waals surface area contributed by atoms with Gasteiger partial charge < -0.3 is 15.6 Å². The third kappa shape index (κ3) is 3.09. The fraction of sp³-hybridized carbons (Fsp3) is 0.333. The number of hydrogen-bond donors (Lipinski definition) is 2. The molecule has 6 heteroatoms. The lowest BCUT2D eigenvalue weighted by Crippen LogP contribution is -2.46. The number of aromatic amines is 1. The molecule has 1 aliphatic rings. The van der Waals surface area contributed by atoms with E-state index in [4.69, 9.17) is 5.73 Å². The number of pyridine rings is 1. The maximum absolute atomic E-state index is 12.4. The van der Waals surface area contributed by atoms with Gasteiger partial charge in [0.15, 0.2) is 0 Å². The molecule has 0 aliphatic carbocycles. The minimum Gasteiger partial charge on any atom is -0.336 e. The van der Waals surface area contributed by atoms with Crippen LogP contribution in [0, 0.1) is 0 Å². The Hall–Kier alpha value is -1.85. The highest BCUT2D eigenvalue weighted by atomic mass is 35.5. The second-order valence-corrected chi connectivity index (χ2v) is 5.25. The summed E-state index contributed by atoms with van der Waals surface area (Å²) in [5.41, 5.74) is 6.00. The van der Waals surface area contributed by atoms with Crippen LogP contribution in [0.25, 0.3) is 10.8 Å². The molecular formula is C15H18ClN3O2. The molecule has 3 rings (SSSR count). The van der Waals surface area contributed by atoms with E-state index in [-0.39, 0.29) is 29.9 Å². The summed E-state index contributed by atoms with van der Waals surface area (Å²) >= 11 is 0. The molecule has 0 radical (unpaired) electrons. The number of carbonyl (C=O) groups excluding carboxylic acids is 1. The standard InChI is InChI=1S/C15H17N3O2.ClH/c16-11-5-3-7-18(9-11)15(20)13-8-10-4-1-2-6-12(10)14(19)17-13;/h1-2,4,6,8,11H,3,5,7,9,16H2,(H,17,19);1H. The van der Waals surface area contributed by atoms with Gasteiger partial charge in [0.1, 0.15) is 5.69 Å². The average molecular weight is 308 g/mol. The van der Waals surface area contributed by atoms with E-state index in [0.717, 1.165) is 18.2 Å².